The highest BCUT2D eigenvalue weighted by Gasteiger charge is 2.13. The second-order valence-electron chi connectivity index (χ2n) is 7.05. The van der Waals surface area contributed by atoms with Crippen molar-refractivity contribution in [2.24, 2.45) is 4.99 Å². The molecule has 0 bridgehead atoms. The molecule has 1 atom stereocenters. The molecule has 1 aromatic carbocycles. The van der Waals surface area contributed by atoms with E-state index in [-0.39, 0.29) is 0 Å². The number of nitrogens with zero attached hydrogens (tertiary/aromatic N) is 1. The maximum Gasteiger partial charge on any atom is 0.191 e. The van der Waals surface area contributed by atoms with Crippen LogP contribution >= 0.6 is 0 Å². The van der Waals surface area contributed by atoms with Crippen LogP contribution in [0.4, 0.5) is 0 Å². The number of aliphatic imine (C=N–C) groups is 1. The van der Waals surface area contributed by atoms with Crippen LogP contribution in [0.1, 0.15) is 51.0 Å². The molecule has 2 N–H and O–H groups in total. The normalized spacial score (nSPS) is 17.4. The third-order valence-corrected chi connectivity index (χ3v) is 4.81. The second kappa shape index (κ2) is 14.2. The first kappa shape index (κ1) is 22.5. The lowest BCUT2D eigenvalue weighted by atomic mass is 10.0. The zero-order valence-corrected chi connectivity index (χ0v) is 17.5. The summed E-state index contributed by atoms with van der Waals surface area (Å²) in [6.45, 7) is 6.87. The van der Waals surface area contributed by atoms with Gasteiger partial charge in [-0.1, -0.05) is 12.1 Å². The molecule has 1 aliphatic heterocycles. The third kappa shape index (κ3) is 9.42. The van der Waals surface area contributed by atoms with Crippen LogP contribution < -0.4 is 15.4 Å². The number of nitrogens with one attached hydrogen (secondary N) is 2. The van der Waals surface area contributed by atoms with E-state index in [0.29, 0.717) is 12.6 Å². The Balaban J connectivity index is 1.76. The van der Waals surface area contributed by atoms with Crippen molar-refractivity contribution in [1.29, 1.82) is 0 Å². The summed E-state index contributed by atoms with van der Waals surface area (Å²) in [4.78, 5) is 4.73. The molecule has 2 rings (SSSR count). The SMILES string of the molecule is CCOCCCNC(=NCc1ccc(OC)cc1)NCCCC1CCCCO1. The smallest absolute Gasteiger partial charge is 0.191 e. The van der Waals surface area contributed by atoms with Gasteiger partial charge in [0.1, 0.15) is 5.75 Å². The lowest BCUT2D eigenvalue weighted by Crippen LogP contribution is -2.39. The largest absolute Gasteiger partial charge is 0.497 e. The van der Waals surface area contributed by atoms with Crippen LogP contribution in [0.2, 0.25) is 0 Å². The van der Waals surface area contributed by atoms with E-state index in [1.807, 2.05) is 19.1 Å². The van der Waals surface area contributed by atoms with E-state index in [0.717, 1.165) is 69.4 Å². The summed E-state index contributed by atoms with van der Waals surface area (Å²) in [5, 5.41) is 6.87. The zero-order chi connectivity index (χ0) is 19.9. The first-order valence-electron chi connectivity index (χ1n) is 10.7. The molecule has 0 aliphatic carbocycles. The molecule has 0 radical (unpaired) electrons. The van der Waals surface area contributed by atoms with Crippen molar-refractivity contribution in [2.45, 2.75) is 58.1 Å². The summed E-state index contributed by atoms with van der Waals surface area (Å²) >= 11 is 0. The van der Waals surface area contributed by atoms with Gasteiger partial charge in [0.05, 0.1) is 19.8 Å². The van der Waals surface area contributed by atoms with Gasteiger partial charge in [0.2, 0.25) is 0 Å². The molecular formula is C22H37N3O3. The van der Waals surface area contributed by atoms with Crippen LogP contribution in [0.3, 0.4) is 0 Å². The van der Waals surface area contributed by atoms with Gasteiger partial charge in [0.15, 0.2) is 5.96 Å². The molecule has 1 fully saturated rings. The van der Waals surface area contributed by atoms with Gasteiger partial charge in [0, 0.05) is 32.9 Å². The monoisotopic (exact) mass is 391 g/mol. The minimum atomic E-state index is 0.439. The van der Waals surface area contributed by atoms with E-state index in [9.17, 15) is 0 Å². The molecule has 1 aromatic rings. The molecular weight excluding hydrogens is 354 g/mol. The predicted octanol–water partition coefficient (Wildman–Crippen LogP) is 3.51. The van der Waals surface area contributed by atoms with E-state index in [1.165, 1.54) is 19.3 Å². The topological polar surface area (TPSA) is 64.1 Å². The van der Waals surface area contributed by atoms with Crippen molar-refractivity contribution in [3.8, 4) is 5.75 Å². The molecule has 28 heavy (non-hydrogen) atoms. The van der Waals surface area contributed by atoms with Gasteiger partial charge in [-0.25, -0.2) is 4.99 Å². The molecule has 0 saturated carbocycles. The zero-order valence-electron chi connectivity index (χ0n) is 17.5. The molecule has 6 heteroatoms. The van der Waals surface area contributed by atoms with Crippen molar-refractivity contribution < 1.29 is 14.2 Å². The van der Waals surface area contributed by atoms with E-state index in [1.54, 1.807) is 7.11 Å². The Morgan fingerprint density at radius 3 is 2.61 bits per heavy atom. The molecule has 1 heterocycles. The minimum Gasteiger partial charge on any atom is -0.497 e. The van der Waals surface area contributed by atoms with Gasteiger partial charge in [0.25, 0.3) is 0 Å². The van der Waals surface area contributed by atoms with Crippen molar-refractivity contribution in [3.63, 3.8) is 0 Å². The number of hydrogen-bond donors (Lipinski definition) is 2. The van der Waals surface area contributed by atoms with Crippen LogP contribution in [0.5, 0.6) is 5.75 Å². The summed E-state index contributed by atoms with van der Waals surface area (Å²) in [5.41, 5.74) is 1.16. The Morgan fingerprint density at radius 1 is 1.14 bits per heavy atom. The van der Waals surface area contributed by atoms with Crippen molar-refractivity contribution >= 4 is 5.96 Å². The number of guanidine groups is 1. The lowest BCUT2D eigenvalue weighted by molar-refractivity contribution is 0.0104. The summed E-state index contributed by atoms with van der Waals surface area (Å²) in [6, 6.07) is 8.04. The highest BCUT2D eigenvalue weighted by atomic mass is 16.5. The van der Waals surface area contributed by atoms with Gasteiger partial charge < -0.3 is 24.8 Å². The highest BCUT2D eigenvalue weighted by Crippen LogP contribution is 2.16. The summed E-state index contributed by atoms with van der Waals surface area (Å²) in [6.07, 6.45) is 7.32. The molecule has 6 nitrogen and oxygen atoms in total. The predicted molar refractivity (Wildman–Crippen MR) is 114 cm³/mol. The molecule has 1 saturated heterocycles. The Kier molecular flexibility index (Phi) is 11.4. The average Bonchev–Trinajstić information content (AvgIpc) is 2.75. The molecule has 0 aromatic heterocycles. The number of methoxy groups -OCH3 is 1. The number of hydrogen-bond acceptors (Lipinski definition) is 4. The van der Waals surface area contributed by atoms with E-state index < -0.39 is 0 Å². The standard InChI is InChI=1S/C22H37N3O3/c1-3-27-16-7-15-24-22(23-14-6-9-21-8-4-5-17-28-21)25-18-19-10-12-20(26-2)13-11-19/h10-13,21H,3-9,14-18H2,1-2H3,(H2,23,24,25). The summed E-state index contributed by atoms with van der Waals surface area (Å²) in [7, 11) is 1.68. The number of benzene rings is 1. The van der Waals surface area contributed by atoms with Gasteiger partial charge in [-0.3, -0.25) is 0 Å². The van der Waals surface area contributed by atoms with E-state index in [2.05, 4.69) is 22.8 Å². The van der Waals surface area contributed by atoms with E-state index in [4.69, 9.17) is 19.2 Å². The molecule has 0 spiro atoms. The van der Waals surface area contributed by atoms with E-state index >= 15 is 0 Å². The molecule has 1 unspecified atom stereocenters. The van der Waals surface area contributed by atoms with Gasteiger partial charge in [-0.05, 0) is 63.1 Å². The maximum atomic E-state index is 5.81. The third-order valence-electron chi connectivity index (χ3n) is 4.81. The fourth-order valence-electron chi connectivity index (χ4n) is 3.17. The minimum absolute atomic E-state index is 0.439. The van der Waals surface area contributed by atoms with Crippen LogP contribution in [-0.4, -0.2) is 52.1 Å². The second-order valence-corrected chi connectivity index (χ2v) is 7.05. The fourth-order valence-corrected chi connectivity index (χ4v) is 3.17. The van der Waals surface area contributed by atoms with Gasteiger partial charge in [-0.2, -0.15) is 0 Å². The maximum absolute atomic E-state index is 5.81. The Labute approximate surface area is 170 Å². The van der Waals surface area contributed by atoms with Crippen LogP contribution in [0.25, 0.3) is 0 Å². The van der Waals surface area contributed by atoms with Gasteiger partial charge in [-0.15, -0.1) is 0 Å². The van der Waals surface area contributed by atoms with Crippen molar-refractivity contribution in [2.75, 3.05) is 40.0 Å². The van der Waals surface area contributed by atoms with Crippen molar-refractivity contribution in [3.05, 3.63) is 29.8 Å². The van der Waals surface area contributed by atoms with Gasteiger partial charge >= 0.3 is 0 Å². The lowest BCUT2D eigenvalue weighted by Gasteiger charge is -2.22. The quantitative estimate of drug-likeness (QED) is 0.324. The first-order chi connectivity index (χ1) is 13.8. The van der Waals surface area contributed by atoms with Crippen molar-refractivity contribution in [1.82, 2.24) is 10.6 Å². The Bertz CT molecular complexity index is 542. The van der Waals surface area contributed by atoms with Crippen LogP contribution in [-0.2, 0) is 16.0 Å². The van der Waals surface area contributed by atoms with Crippen LogP contribution in [0.15, 0.2) is 29.3 Å². The number of rotatable bonds is 12. The molecule has 1 aliphatic rings. The van der Waals surface area contributed by atoms with Crippen LogP contribution in [0, 0.1) is 0 Å². The number of ether oxygens (including phenoxy) is 3. The average molecular weight is 392 g/mol. The Morgan fingerprint density at radius 2 is 1.93 bits per heavy atom. The summed E-state index contributed by atoms with van der Waals surface area (Å²) in [5.74, 6) is 1.72. The first-order valence-corrected chi connectivity index (χ1v) is 10.7. The highest BCUT2D eigenvalue weighted by molar-refractivity contribution is 5.79. The Hall–Kier alpha value is -1.79. The molecule has 0 amide bonds. The summed E-state index contributed by atoms with van der Waals surface area (Å²) < 4.78 is 16.4. The fraction of sp³-hybridized carbons (Fsp3) is 0.682. The molecule has 158 valence electrons.